The highest BCUT2D eigenvalue weighted by Gasteiger charge is 2.20. The summed E-state index contributed by atoms with van der Waals surface area (Å²) < 4.78 is 11.0. The average molecular weight is 354 g/mol. The van der Waals surface area contributed by atoms with E-state index in [1.165, 1.54) is 5.56 Å². The Kier molecular flexibility index (Phi) is 7.05. The van der Waals surface area contributed by atoms with Crippen LogP contribution in [0, 0.1) is 0 Å². The zero-order chi connectivity index (χ0) is 18.0. The van der Waals surface area contributed by atoms with Crippen molar-refractivity contribution in [2.75, 3.05) is 26.2 Å². The standard InChI is InChI=1S/C21H26N2O3/c24-21(26-17-19-9-5-2-6-10-19)22-12-11-20-16-23(13-14-25-20)15-18-7-3-1-4-8-18/h1-10,20H,11-17H2,(H,22,24). The average Bonchev–Trinajstić information content (AvgIpc) is 2.68. The van der Waals surface area contributed by atoms with Crippen LogP contribution in [0.2, 0.25) is 0 Å². The Balaban J connectivity index is 1.33. The first-order chi connectivity index (χ1) is 12.8. The van der Waals surface area contributed by atoms with Crippen molar-refractivity contribution in [1.29, 1.82) is 0 Å². The van der Waals surface area contributed by atoms with Crippen molar-refractivity contribution in [1.82, 2.24) is 10.2 Å². The number of nitrogens with zero attached hydrogens (tertiary/aromatic N) is 1. The maximum absolute atomic E-state index is 11.8. The van der Waals surface area contributed by atoms with Crippen LogP contribution in [-0.2, 0) is 22.6 Å². The molecule has 2 aromatic carbocycles. The van der Waals surface area contributed by atoms with E-state index < -0.39 is 0 Å². The van der Waals surface area contributed by atoms with Gasteiger partial charge in [0, 0.05) is 26.2 Å². The molecular formula is C21H26N2O3. The van der Waals surface area contributed by atoms with Crippen LogP contribution in [0.15, 0.2) is 60.7 Å². The molecule has 26 heavy (non-hydrogen) atoms. The largest absolute Gasteiger partial charge is 0.445 e. The minimum Gasteiger partial charge on any atom is -0.445 e. The highest BCUT2D eigenvalue weighted by Crippen LogP contribution is 2.12. The van der Waals surface area contributed by atoms with Crippen LogP contribution in [0.5, 0.6) is 0 Å². The van der Waals surface area contributed by atoms with Crippen molar-refractivity contribution >= 4 is 6.09 Å². The van der Waals surface area contributed by atoms with Crippen LogP contribution >= 0.6 is 0 Å². The zero-order valence-electron chi connectivity index (χ0n) is 15.0. The zero-order valence-corrected chi connectivity index (χ0v) is 15.0. The molecule has 0 aliphatic carbocycles. The molecule has 1 unspecified atom stereocenters. The second-order valence-corrected chi connectivity index (χ2v) is 6.49. The first-order valence-corrected chi connectivity index (χ1v) is 9.12. The summed E-state index contributed by atoms with van der Waals surface area (Å²) in [5, 5.41) is 2.81. The van der Waals surface area contributed by atoms with Crippen LogP contribution in [0.1, 0.15) is 17.5 Å². The van der Waals surface area contributed by atoms with E-state index in [0.29, 0.717) is 6.54 Å². The molecule has 1 saturated heterocycles. The molecule has 0 bridgehead atoms. The van der Waals surface area contributed by atoms with Crippen LogP contribution < -0.4 is 5.32 Å². The van der Waals surface area contributed by atoms with E-state index in [4.69, 9.17) is 9.47 Å². The summed E-state index contributed by atoms with van der Waals surface area (Å²) in [6, 6.07) is 20.1. The van der Waals surface area contributed by atoms with Crippen LogP contribution in [0.25, 0.3) is 0 Å². The number of carbonyl (C=O) groups excluding carboxylic acids is 1. The fourth-order valence-corrected chi connectivity index (χ4v) is 3.05. The Morgan fingerprint density at radius 3 is 2.50 bits per heavy atom. The minimum atomic E-state index is -0.384. The number of morpholine rings is 1. The van der Waals surface area contributed by atoms with Crippen LogP contribution in [0.3, 0.4) is 0 Å². The number of hydrogen-bond donors (Lipinski definition) is 1. The molecular weight excluding hydrogens is 328 g/mol. The van der Waals surface area contributed by atoms with E-state index in [0.717, 1.165) is 38.2 Å². The molecule has 0 spiro atoms. The van der Waals surface area contributed by atoms with Crippen molar-refractivity contribution in [3.8, 4) is 0 Å². The summed E-state index contributed by atoms with van der Waals surface area (Å²) >= 11 is 0. The Bertz CT molecular complexity index is 663. The van der Waals surface area contributed by atoms with Gasteiger partial charge in [-0.25, -0.2) is 4.79 Å². The van der Waals surface area contributed by atoms with Gasteiger partial charge in [-0.1, -0.05) is 60.7 Å². The summed E-state index contributed by atoms with van der Waals surface area (Å²) in [6.45, 7) is 4.34. The number of alkyl carbamates (subject to hydrolysis) is 1. The molecule has 1 atom stereocenters. The minimum absolute atomic E-state index is 0.141. The lowest BCUT2D eigenvalue weighted by Gasteiger charge is -2.33. The number of nitrogens with one attached hydrogen (secondary N) is 1. The van der Waals surface area contributed by atoms with Gasteiger partial charge in [0.25, 0.3) is 0 Å². The Morgan fingerprint density at radius 1 is 1.08 bits per heavy atom. The summed E-state index contributed by atoms with van der Waals surface area (Å²) in [6.07, 6.45) is 0.541. The van der Waals surface area contributed by atoms with E-state index in [2.05, 4.69) is 34.5 Å². The van der Waals surface area contributed by atoms with Crippen molar-refractivity contribution < 1.29 is 14.3 Å². The molecule has 1 heterocycles. The van der Waals surface area contributed by atoms with Gasteiger partial charge in [-0.3, -0.25) is 4.90 Å². The third kappa shape index (κ3) is 6.17. The Hall–Kier alpha value is -2.37. The first-order valence-electron chi connectivity index (χ1n) is 9.12. The molecule has 0 aromatic heterocycles. The summed E-state index contributed by atoms with van der Waals surface area (Å²) in [4.78, 5) is 14.2. The number of rotatable bonds is 7. The number of amides is 1. The van der Waals surface area contributed by atoms with Crippen LogP contribution in [0.4, 0.5) is 4.79 Å². The predicted octanol–water partition coefficient (Wildman–Crippen LogP) is 3.20. The Morgan fingerprint density at radius 2 is 1.77 bits per heavy atom. The topological polar surface area (TPSA) is 50.8 Å². The molecule has 0 radical (unpaired) electrons. The van der Waals surface area contributed by atoms with E-state index >= 15 is 0 Å². The van der Waals surface area contributed by atoms with Gasteiger partial charge in [-0.2, -0.15) is 0 Å². The molecule has 0 saturated carbocycles. The summed E-state index contributed by atoms with van der Waals surface area (Å²) in [5.74, 6) is 0. The summed E-state index contributed by atoms with van der Waals surface area (Å²) in [7, 11) is 0. The molecule has 5 nitrogen and oxygen atoms in total. The summed E-state index contributed by atoms with van der Waals surface area (Å²) in [5.41, 5.74) is 2.30. The number of benzene rings is 2. The van der Waals surface area contributed by atoms with Crippen molar-refractivity contribution in [3.63, 3.8) is 0 Å². The lowest BCUT2D eigenvalue weighted by atomic mass is 10.1. The third-order valence-corrected chi connectivity index (χ3v) is 4.42. The predicted molar refractivity (Wildman–Crippen MR) is 101 cm³/mol. The second-order valence-electron chi connectivity index (χ2n) is 6.49. The van der Waals surface area contributed by atoms with Gasteiger partial charge in [0.2, 0.25) is 0 Å². The molecule has 2 aromatic rings. The number of ether oxygens (including phenoxy) is 2. The van der Waals surface area contributed by atoms with Crippen molar-refractivity contribution in [2.45, 2.75) is 25.7 Å². The monoisotopic (exact) mass is 354 g/mol. The van der Waals surface area contributed by atoms with E-state index in [9.17, 15) is 4.79 Å². The van der Waals surface area contributed by atoms with Gasteiger partial charge in [0.1, 0.15) is 6.61 Å². The normalized spacial score (nSPS) is 17.6. The van der Waals surface area contributed by atoms with Crippen LogP contribution in [-0.4, -0.2) is 43.3 Å². The first kappa shape index (κ1) is 18.4. The van der Waals surface area contributed by atoms with Gasteiger partial charge in [0.15, 0.2) is 0 Å². The maximum atomic E-state index is 11.8. The molecule has 5 heteroatoms. The molecule has 138 valence electrons. The maximum Gasteiger partial charge on any atom is 0.407 e. The van der Waals surface area contributed by atoms with Gasteiger partial charge >= 0.3 is 6.09 Å². The molecule has 1 fully saturated rings. The van der Waals surface area contributed by atoms with E-state index in [-0.39, 0.29) is 18.8 Å². The quantitative estimate of drug-likeness (QED) is 0.830. The van der Waals surface area contributed by atoms with Gasteiger partial charge in [-0.05, 0) is 17.5 Å². The highest BCUT2D eigenvalue weighted by atomic mass is 16.5. The van der Waals surface area contributed by atoms with Crippen molar-refractivity contribution in [3.05, 3.63) is 71.8 Å². The van der Waals surface area contributed by atoms with E-state index in [1.54, 1.807) is 0 Å². The smallest absolute Gasteiger partial charge is 0.407 e. The van der Waals surface area contributed by atoms with Gasteiger partial charge in [0.05, 0.1) is 12.7 Å². The molecule has 1 aliphatic heterocycles. The fourth-order valence-electron chi connectivity index (χ4n) is 3.05. The second kappa shape index (κ2) is 9.94. The van der Waals surface area contributed by atoms with Crippen molar-refractivity contribution in [2.24, 2.45) is 0 Å². The number of hydrogen-bond acceptors (Lipinski definition) is 4. The van der Waals surface area contributed by atoms with E-state index in [1.807, 2.05) is 36.4 Å². The van der Waals surface area contributed by atoms with Gasteiger partial charge in [-0.15, -0.1) is 0 Å². The number of carbonyl (C=O) groups is 1. The molecule has 1 aliphatic rings. The third-order valence-electron chi connectivity index (χ3n) is 4.42. The molecule has 1 amide bonds. The SMILES string of the molecule is O=C(NCCC1CN(Cc2ccccc2)CCO1)OCc1ccccc1. The Labute approximate surface area is 154 Å². The lowest BCUT2D eigenvalue weighted by molar-refractivity contribution is -0.0343. The van der Waals surface area contributed by atoms with Gasteiger partial charge < -0.3 is 14.8 Å². The lowest BCUT2D eigenvalue weighted by Crippen LogP contribution is -2.43. The molecule has 3 rings (SSSR count). The fraction of sp³-hybridized carbons (Fsp3) is 0.381. The highest BCUT2D eigenvalue weighted by molar-refractivity contribution is 5.67. The molecule has 1 N–H and O–H groups in total.